The van der Waals surface area contributed by atoms with Crippen molar-refractivity contribution in [2.24, 2.45) is 0 Å². The van der Waals surface area contributed by atoms with Crippen molar-refractivity contribution < 1.29 is 17.9 Å². The van der Waals surface area contributed by atoms with E-state index in [0.717, 1.165) is 41.9 Å². The largest absolute Gasteiger partial charge is 0.416 e. The molecule has 8 heteroatoms. The Morgan fingerprint density at radius 1 is 1.03 bits per heavy atom. The minimum absolute atomic E-state index is 0.283. The van der Waals surface area contributed by atoms with Crippen LogP contribution in [0.1, 0.15) is 28.6 Å². The molecule has 0 amide bonds. The highest BCUT2D eigenvalue weighted by Gasteiger charge is 2.35. The van der Waals surface area contributed by atoms with Crippen molar-refractivity contribution in [1.82, 2.24) is 14.5 Å². The van der Waals surface area contributed by atoms with Gasteiger partial charge in [-0.2, -0.15) is 13.2 Å². The lowest BCUT2D eigenvalue weighted by molar-refractivity contribution is -0.138. The number of nitrogens with zero attached hydrogens (tertiary/aromatic N) is 3. The molecule has 1 aromatic heterocycles. The fourth-order valence-corrected chi connectivity index (χ4v) is 4.67. The average Bonchev–Trinajstić information content (AvgIpc) is 3.17. The SMILES string of the molecule is FC(F)(F)c1ccccc1C1C=Cc2nc(-c3ccc(Cl)cc3)c(CN3CCOCC3)n2C1. The fourth-order valence-electron chi connectivity index (χ4n) is 4.55. The molecule has 3 heterocycles. The zero-order chi connectivity index (χ0) is 23.0. The van der Waals surface area contributed by atoms with Gasteiger partial charge in [0.1, 0.15) is 5.82 Å². The van der Waals surface area contributed by atoms with Gasteiger partial charge >= 0.3 is 6.18 Å². The fraction of sp³-hybridized carbons (Fsp3) is 0.320. The van der Waals surface area contributed by atoms with E-state index < -0.39 is 17.7 Å². The van der Waals surface area contributed by atoms with E-state index in [1.54, 1.807) is 12.1 Å². The molecule has 0 saturated carbocycles. The summed E-state index contributed by atoms with van der Waals surface area (Å²) in [6.45, 7) is 3.99. The number of aromatic nitrogens is 2. The zero-order valence-electron chi connectivity index (χ0n) is 17.9. The number of fused-ring (bicyclic) bond motifs is 1. The molecular weight excluding hydrogens is 451 g/mol. The lowest BCUT2D eigenvalue weighted by Crippen LogP contribution is -2.36. The van der Waals surface area contributed by atoms with E-state index in [-0.39, 0.29) is 5.56 Å². The maximum absolute atomic E-state index is 13.7. The number of rotatable bonds is 4. The number of alkyl halides is 3. The second kappa shape index (κ2) is 8.97. The van der Waals surface area contributed by atoms with E-state index in [4.69, 9.17) is 21.3 Å². The van der Waals surface area contributed by atoms with E-state index in [0.29, 0.717) is 31.3 Å². The number of hydrogen-bond donors (Lipinski definition) is 0. The molecule has 3 aromatic rings. The topological polar surface area (TPSA) is 30.3 Å². The first-order valence-corrected chi connectivity index (χ1v) is 11.3. The highest BCUT2D eigenvalue weighted by molar-refractivity contribution is 6.30. The van der Waals surface area contributed by atoms with E-state index in [9.17, 15) is 13.2 Å². The molecule has 5 rings (SSSR count). The summed E-state index contributed by atoms with van der Waals surface area (Å²) in [4.78, 5) is 7.16. The highest BCUT2D eigenvalue weighted by atomic mass is 35.5. The molecule has 1 unspecified atom stereocenters. The van der Waals surface area contributed by atoms with Crippen LogP contribution in [0.5, 0.6) is 0 Å². The highest BCUT2D eigenvalue weighted by Crippen LogP contribution is 2.39. The minimum atomic E-state index is -4.40. The van der Waals surface area contributed by atoms with Crippen molar-refractivity contribution in [3.63, 3.8) is 0 Å². The summed E-state index contributed by atoms with van der Waals surface area (Å²) in [5.41, 5.74) is 2.46. The summed E-state index contributed by atoms with van der Waals surface area (Å²) in [6, 6.07) is 13.3. The Balaban J connectivity index is 1.55. The predicted octanol–water partition coefficient (Wildman–Crippen LogP) is 5.87. The number of benzene rings is 2. The lowest BCUT2D eigenvalue weighted by atomic mass is 9.91. The molecule has 1 fully saturated rings. The zero-order valence-corrected chi connectivity index (χ0v) is 18.6. The Morgan fingerprint density at radius 2 is 1.76 bits per heavy atom. The Morgan fingerprint density at radius 3 is 2.48 bits per heavy atom. The number of allylic oxidation sites excluding steroid dienone is 1. The molecule has 2 aliphatic heterocycles. The first kappa shape index (κ1) is 22.2. The first-order valence-electron chi connectivity index (χ1n) is 10.9. The molecule has 33 heavy (non-hydrogen) atoms. The summed E-state index contributed by atoms with van der Waals surface area (Å²) in [5.74, 6) is 0.356. The van der Waals surface area contributed by atoms with Crippen molar-refractivity contribution in [3.8, 4) is 11.3 Å². The summed E-state index contributed by atoms with van der Waals surface area (Å²) in [5, 5.41) is 0.640. The van der Waals surface area contributed by atoms with Crippen LogP contribution in [-0.2, 0) is 24.0 Å². The molecule has 0 spiro atoms. The van der Waals surface area contributed by atoms with E-state index in [2.05, 4.69) is 9.47 Å². The average molecular weight is 474 g/mol. The van der Waals surface area contributed by atoms with Crippen molar-refractivity contribution in [1.29, 1.82) is 0 Å². The van der Waals surface area contributed by atoms with E-state index in [1.807, 2.05) is 36.4 Å². The summed E-state index contributed by atoms with van der Waals surface area (Å²) in [7, 11) is 0. The quantitative estimate of drug-likeness (QED) is 0.475. The van der Waals surface area contributed by atoms with Crippen LogP contribution >= 0.6 is 11.6 Å². The standard InChI is InChI=1S/C25H23ClF3N3O/c26-19-8-5-17(6-9-19)24-22(16-31-11-13-33-14-12-31)32-15-18(7-10-23(32)30-24)20-3-1-2-4-21(20)25(27,28)29/h1-10,18H,11-16H2. The Labute approximate surface area is 195 Å². The van der Waals surface area contributed by atoms with Crippen molar-refractivity contribution >= 4 is 17.7 Å². The number of ether oxygens (including phenoxy) is 1. The monoisotopic (exact) mass is 473 g/mol. The number of morpholine rings is 1. The van der Waals surface area contributed by atoms with Gasteiger partial charge in [0, 0.05) is 42.7 Å². The van der Waals surface area contributed by atoms with E-state index in [1.165, 1.54) is 6.07 Å². The first-order chi connectivity index (χ1) is 15.9. The van der Waals surface area contributed by atoms with Gasteiger partial charge in [0.05, 0.1) is 30.2 Å². The lowest BCUT2D eigenvalue weighted by Gasteiger charge is -2.29. The molecular formula is C25H23ClF3N3O. The van der Waals surface area contributed by atoms with Gasteiger partial charge in [0.2, 0.25) is 0 Å². The van der Waals surface area contributed by atoms with Gasteiger partial charge in [-0.05, 0) is 29.8 Å². The molecule has 0 N–H and O–H groups in total. The molecule has 0 bridgehead atoms. The Kier molecular flexibility index (Phi) is 6.03. The van der Waals surface area contributed by atoms with Crippen LogP contribution in [0.3, 0.4) is 0 Å². The van der Waals surface area contributed by atoms with Crippen LogP contribution in [0.15, 0.2) is 54.6 Å². The molecule has 1 atom stereocenters. The molecule has 4 nitrogen and oxygen atoms in total. The van der Waals surface area contributed by atoms with Crippen LogP contribution in [0.25, 0.3) is 17.3 Å². The summed E-state index contributed by atoms with van der Waals surface area (Å²) in [6.07, 6.45) is -0.731. The van der Waals surface area contributed by atoms with Gasteiger partial charge in [-0.15, -0.1) is 0 Å². The molecule has 172 valence electrons. The maximum Gasteiger partial charge on any atom is 0.416 e. The minimum Gasteiger partial charge on any atom is -0.379 e. The smallest absolute Gasteiger partial charge is 0.379 e. The van der Waals surface area contributed by atoms with Gasteiger partial charge < -0.3 is 9.30 Å². The third-order valence-electron chi connectivity index (χ3n) is 6.22. The summed E-state index contributed by atoms with van der Waals surface area (Å²) < 4.78 is 48.6. The molecule has 0 radical (unpaired) electrons. The number of hydrogen-bond acceptors (Lipinski definition) is 3. The third-order valence-corrected chi connectivity index (χ3v) is 6.47. The normalized spacial score (nSPS) is 19.0. The van der Waals surface area contributed by atoms with Gasteiger partial charge in [-0.1, -0.05) is 48.0 Å². The van der Waals surface area contributed by atoms with Crippen molar-refractivity contribution in [2.75, 3.05) is 26.3 Å². The van der Waals surface area contributed by atoms with Gasteiger partial charge in [0.15, 0.2) is 0 Å². The van der Waals surface area contributed by atoms with Gasteiger partial charge in [0.25, 0.3) is 0 Å². The van der Waals surface area contributed by atoms with Crippen LogP contribution < -0.4 is 0 Å². The van der Waals surface area contributed by atoms with Crippen molar-refractivity contribution in [2.45, 2.75) is 25.2 Å². The van der Waals surface area contributed by atoms with Crippen LogP contribution in [0.4, 0.5) is 13.2 Å². The third kappa shape index (κ3) is 4.58. The molecule has 1 saturated heterocycles. The van der Waals surface area contributed by atoms with Gasteiger partial charge in [-0.3, -0.25) is 4.90 Å². The number of imidazole rings is 1. The van der Waals surface area contributed by atoms with Crippen LogP contribution in [0, 0.1) is 0 Å². The molecule has 2 aromatic carbocycles. The summed E-state index contributed by atoms with van der Waals surface area (Å²) >= 11 is 6.08. The van der Waals surface area contributed by atoms with E-state index >= 15 is 0 Å². The van der Waals surface area contributed by atoms with Crippen molar-refractivity contribution in [3.05, 3.63) is 82.3 Å². The molecule has 2 aliphatic rings. The Bertz CT molecular complexity index is 1160. The predicted molar refractivity (Wildman–Crippen MR) is 122 cm³/mol. The second-order valence-electron chi connectivity index (χ2n) is 8.32. The van der Waals surface area contributed by atoms with Crippen LogP contribution in [0.2, 0.25) is 5.02 Å². The van der Waals surface area contributed by atoms with Crippen LogP contribution in [-0.4, -0.2) is 40.8 Å². The second-order valence-corrected chi connectivity index (χ2v) is 8.76. The van der Waals surface area contributed by atoms with Gasteiger partial charge in [-0.25, -0.2) is 4.98 Å². The molecule has 0 aliphatic carbocycles. The number of halogens is 4. The maximum atomic E-state index is 13.7. The Hall–Kier alpha value is -2.61.